The van der Waals surface area contributed by atoms with Crippen molar-refractivity contribution in [2.45, 2.75) is 6.92 Å². The zero-order valence-electron chi connectivity index (χ0n) is 7.35. The highest BCUT2D eigenvalue weighted by Gasteiger charge is 1.96. The highest BCUT2D eigenvalue weighted by atomic mass is 79.9. The Hall–Kier alpha value is -0.310. The molecular weight excluding hydrogens is 249 g/mol. The minimum Gasteiger partial charge on any atom is -0.327 e. The van der Waals surface area contributed by atoms with Crippen molar-refractivity contribution in [3.05, 3.63) is 38.8 Å². The van der Waals surface area contributed by atoms with Gasteiger partial charge in [0.05, 0.1) is 5.02 Å². The van der Waals surface area contributed by atoms with Gasteiger partial charge in [-0.15, -0.1) is 0 Å². The summed E-state index contributed by atoms with van der Waals surface area (Å²) in [6.45, 7) is 2.57. The summed E-state index contributed by atoms with van der Waals surface area (Å²) in [4.78, 5) is 0. The molecule has 3 heteroatoms. The molecule has 0 radical (unpaired) electrons. The summed E-state index contributed by atoms with van der Waals surface area (Å²) in [5.74, 6) is 0. The molecule has 0 aliphatic rings. The number of rotatable bonds is 2. The summed E-state index contributed by atoms with van der Waals surface area (Å²) in [5, 5.41) is 0.721. The molecule has 2 N–H and O–H groups in total. The van der Waals surface area contributed by atoms with Crippen molar-refractivity contribution in [2.75, 3.05) is 6.54 Å². The molecule has 1 nitrogen and oxygen atoms in total. The molecule has 0 aromatic heterocycles. The third-order valence-electron chi connectivity index (χ3n) is 1.68. The topological polar surface area (TPSA) is 26.0 Å². The molecule has 1 aromatic carbocycles. The molecule has 1 aromatic rings. The van der Waals surface area contributed by atoms with E-state index in [0.717, 1.165) is 20.6 Å². The summed E-state index contributed by atoms with van der Waals surface area (Å²) < 4.78 is 0.914. The molecule has 0 atom stereocenters. The van der Waals surface area contributed by atoms with Gasteiger partial charge in [0.25, 0.3) is 0 Å². The van der Waals surface area contributed by atoms with Gasteiger partial charge in [-0.05, 0) is 40.5 Å². The molecule has 0 fully saturated rings. The van der Waals surface area contributed by atoms with Gasteiger partial charge in [0.15, 0.2) is 0 Å². The second-order valence-electron chi connectivity index (χ2n) is 2.87. The molecule has 0 saturated heterocycles. The zero-order chi connectivity index (χ0) is 9.84. The van der Waals surface area contributed by atoms with Gasteiger partial charge in [-0.1, -0.05) is 29.3 Å². The Kier molecular flexibility index (Phi) is 3.97. The number of benzene rings is 1. The molecule has 13 heavy (non-hydrogen) atoms. The van der Waals surface area contributed by atoms with E-state index in [-0.39, 0.29) is 0 Å². The molecule has 0 amide bonds. The zero-order valence-corrected chi connectivity index (χ0v) is 9.69. The van der Waals surface area contributed by atoms with Gasteiger partial charge in [-0.3, -0.25) is 0 Å². The first-order valence-corrected chi connectivity index (χ1v) is 5.13. The van der Waals surface area contributed by atoms with E-state index in [1.54, 1.807) is 0 Å². The van der Waals surface area contributed by atoms with E-state index in [1.165, 1.54) is 0 Å². The lowest BCUT2D eigenvalue weighted by atomic mass is 10.1. The van der Waals surface area contributed by atoms with Crippen LogP contribution >= 0.6 is 27.5 Å². The highest BCUT2D eigenvalue weighted by Crippen LogP contribution is 2.24. The summed E-state index contributed by atoms with van der Waals surface area (Å²) in [7, 11) is 0. The molecule has 0 unspecified atom stereocenters. The van der Waals surface area contributed by atoms with Crippen LogP contribution in [0.1, 0.15) is 12.5 Å². The van der Waals surface area contributed by atoms with Crippen LogP contribution in [-0.4, -0.2) is 6.54 Å². The minimum absolute atomic E-state index is 0.577. The van der Waals surface area contributed by atoms with Crippen molar-refractivity contribution in [1.82, 2.24) is 0 Å². The molecule has 0 saturated carbocycles. The average molecular weight is 261 g/mol. The van der Waals surface area contributed by atoms with Crippen LogP contribution in [0, 0.1) is 0 Å². The van der Waals surface area contributed by atoms with E-state index in [2.05, 4.69) is 15.9 Å². The van der Waals surface area contributed by atoms with Crippen molar-refractivity contribution in [2.24, 2.45) is 5.73 Å². The second kappa shape index (κ2) is 4.80. The molecule has 0 aliphatic carbocycles. The van der Waals surface area contributed by atoms with Crippen molar-refractivity contribution < 1.29 is 0 Å². The lowest BCUT2D eigenvalue weighted by molar-refractivity contribution is 1.15. The van der Waals surface area contributed by atoms with Crippen LogP contribution in [0.25, 0.3) is 6.08 Å². The maximum Gasteiger partial charge on any atom is 0.0554 e. The Labute approximate surface area is 91.7 Å². The lowest BCUT2D eigenvalue weighted by Gasteiger charge is -1.99. The van der Waals surface area contributed by atoms with Gasteiger partial charge in [-0.2, -0.15) is 0 Å². The molecule has 0 spiro atoms. The quantitative estimate of drug-likeness (QED) is 0.866. The van der Waals surface area contributed by atoms with E-state index in [1.807, 2.05) is 31.2 Å². The maximum atomic E-state index is 5.93. The predicted molar refractivity (Wildman–Crippen MR) is 61.9 cm³/mol. The SMILES string of the molecule is C/C(=C/c1ccc(Br)c(Cl)c1)CN. The fourth-order valence-electron chi connectivity index (χ4n) is 0.946. The Bertz CT molecular complexity index is 334. The first kappa shape index (κ1) is 10.8. The third-order valence-corrected chi connectivity index (χ3v) is 2.91. The van der Waals surface area contributed by atoms with Crippen LogP contribution in [0.3, 0.4) is 0 Å². The normalized spacial score (nSPS) is 11.8. The third kappa shape index (κ3) is 3.14. The summed E-state index contributed by atoms with van der Waals surface area (Å²) >= 11 is 9.27. The van der Waals surface area contributed by atoms with Crippen LogP contribution < -0.4 is 5.73 Å². The van der Waals surface area contributed by atoms with E-state index in [9.17, 15) is 0 Å². The molecule has 0 bridgehead atoms. The lowest BCUT2D eigenvalue weighted by Crippen LogP contribution is -1.99. The van der Waals surface area contributed by atoms with Gasteiger partial charge < -0.3 is 5.73 Å². The number of nitrogens with two attached hydrogens (primary N) is 1. The summed E-state index contributed by atoms with van der Waals surface area (Å²) in [6.07, 6.45) is 2.03. The van der Waals surface area contributed by atoms with E-state index in [4.69, 9.17) is 17.3 Å². The Morgan fingerprint density at radius 2 is 2.31 bits per heavy atom. The van der Waals surface area contributed by atoms with Crippen LogP contribution in [0.2, 0.25) is 5.02 Å². The van der Waals surface area contributed by atoms with Crippen LogP contribution in [0.4, 0.5) is 0 Å². The largest absolute Gasteiger partial charge is 0.327 e. The van der Waals surface area contributed by atoms with Gasteiger partial charge in [-0.25, -0.2) is 0 Å². The van der Waals surface area contributed by atoms with Crippen molar-refractivity contribution >= 4 is 33.6 Å². The van der Waals surface area contributed by atoms with Gasteiger partial charge in [0, 0.05) is 11.0 Å². The molecular formula is C10H11BrClN. The number of hydrogen-bond acceptors (Lipinski definition) is 1. The van der Waals surface area contributed by atoms with Crippen molar-refractivity contribution in [3.63, 3.8) is 0 Å². The first-order valence-electron chi connectivity index (χ1n) is 3.96. The second-order valence-corrected chi connectivity index (χ2v) is 4.13. The van der Waals surface area contributed by atoms with Gasteiger partial charge in [0.2, 0.25) is 0 Å². The van der Waals surface area contributed by atoms with Crippen LogP contribution in [0.5, 0.6) is 0 Å². The molecule has 70 valence electrons. The van der Waals surface area contributed by atoms with E-state index >= 15 is 0 Å². The number of halogens is 2. The summed E-state index contributed by atoms with van der Waals surface area (Å²) in [5.41, 5.74) is 7.69. The molecule has 0 aliphatic heterocycles. The van der Waals surface area contributed by atoms with Crippen LogP contribution in [-0.2, 0) is 0 Å². The Balaban J connectivity index is 2.98. The highest BCUT2D eigenvalue weighted by molar-refractivity contribution is 9.10. The number of hydrogen-bond donors (Lipinski definition) is 1. The van der Waals surface area contributed by atoms with Gasteiger partial charge >= 0.3 is 0 Å². The fraction of sp³-hybridized carbons (Fsp3) is 0.200. The fourth-order valence-corrected chi connectivity index (χ4v) is 1.38. The summed E-state index contributed by atoms with van der Waals surface area (Å²) in [6, 6.07) is 5.83. The Morgan fingerprint density at radius 1 is 1.62 bits per heavy atom. The minimum atomic E-state index is 0.577. The molecule has 0 heterocycles. The Morgan fingerprint density at radius 3 is 2.85 bits per heavy atom. The monoisotopic (exact) mass is 259 g/mol. The smallest absolute Gasteiger partial charge is 0.0554 e. The molecule has 1 rings (SSSR count). The van der Waals surface area contributed by atoms with Crippen LogP contribution in [0.15, 0.2) is 28.2 Å². The standard InChI is InChI=1S/C10H11BrClN/c1-7(6-13)4-8-2-3-9(11)10(12)5-8/h2-5H,6,13H2,1H3/b7-4-. The maximum absolute atomic E-state index is 5.93. The van der Waals surface area contributed by atoms with E-state index < -0.39 is 0 Å². The van der Waals surface area contributed by atoms with E-state index in [0.29, 0.717) is 6.54 Å². The van der Waals surface area contributed by atoms with Gasteiger partial charge in [0.1, 0.15) is 0 Å². The van der Waals surface area contributed by atoms with Crippen molar-refractivity contribution in [3.8, 4) is 0 Å². The first-order chi connectivity index (χ1) is 6.13. The van der Waals surface area contributed by atoms with Crippen molar-refractivity contribution in [1.29, 1.82) is 0 Å². The predicted octanol–water partition coefficient (Wildman–Crippen LogP) is 3.46. The average Bonchev–Trinajstić information content (AvgIpc) is 2.11.